The number of nitrogens with zero attached hydrogens (tertiary/aromatic N) is 5. The van der Waals surface area contributed by atoms with Crippen LogP contribution in [0.3, 0.4) is 0 Å². The number of halogens is 3. The van der Waals surface area contributed by atoms with Crippen molar-refractivity contribution in [3.63, 3.8) is 0 Å². The van der Waals surface area contributed by atoms with E-state index in [1.165, 1.54) is 4.40 Å². The topological polar surface area (TPSA) is 36.7 Å². The van der Waals surface area contributed by atoms with Crippen molar-refractivity contribution >= 4 is 17.0 Å². The van der Waals surface area contributed by atoms with E-state index in [9.17, 15) is 13.2 Å². The van der Waals surface area contributed by atoms with Crippen molar-refractivity contribution in [3.8, 4) is 0 Å². The molecule has 1 aliphatic heterocycles. The summed E-state index contributed by atoms with van der Waals surface area (Å²) in [6.45, 7) is 2.40. The maximum Gasteiger partial charge on any atom is 0.422 e. The molecule has 3 heterocycles. The first-order chi connectivity index (χ1) is 14.0. The molecule has 0 radical (unpaired) electrons. The Morgan fingerprint density at radius 2 is 1.59 bits per heavy atom. The molecule has 152 valence electrons. The van der Waals surface area contributed by atoms with Crippen molar-refractivity contribution in [2.75, 3.05) is 36.0 Å². The number of aromatic nitrogens is 3. The molecular formula is C21H22F3N5. The van der Waals surface area contributed by atoms with Gasteiger partial charge in [-0.05, 0) is 37.0 Å². The average Bonchev–Trinajstić information content (AvgIpc) is 3.46. The summed E-state index contributed by atoms with van der Waals surface area (Å²) >= 11 is 0. The molecular weight excluding hydrogens is 379 g/mol. The van der Waals surface area contributed by atoms with Gasteiger partial charge in [-0.2, -0.15) is 13.2 Å². The first kappa shape index (κ1) is 18.3. The molecule has 0 unspecified atom stereocenters. The second-order valence-electron chi connectivity index (χ2n) is 7.84. The zero-order valence-electron chi connectivity index (χ0n) is 15.9. The molecule has 0 N–H and O–H groups in total. The highest BCUT2D eigenvalue weighted by Crippen LogP contribution is 2.40. The monoisotopic (exact) mass is 401 g/mol. The number of fused-ring (bicyclic) bond motifs is 1. The van der Waals surface area contributed by atoms with Gasteiger partial charge in [0.05, 0.1) is 5.69 Å². The Morgan fingerprint density at radius 3 is 2.24 bits per heavy atom. The molecule has 5 nitrogen and oxygen atoms in total. The van der Waals surface area contributed by atoms with Crippen LogP contribution in [0.25, 0.3) is 5.65 Å². The third kappa shape index (κ3) is 3.52. The highest BCUT2D eigenvalue weighted by molar-refractivity contribution is 5.67. The number of anilines is 2. The van der Waals surface area contributed by atoms with Crippen LogP contribution in [0.2, 0.25) is 0 Å². The number of hydrogen-bond acceptors (Lipinski definition) is 4. The van der Waals surface area contributed by atoms with Crippen LogP contribution < -0.4 is 9.80 Å². The maximum absolute atomic E-state index is 14.0. The third-order valence-electron chi connectivity index (χ3n) is 5.82. The van der Waals surface area contributed by atoms with Crippen LogP contribution in [0.1, 0.15) is 24.2 Å². The van der Waals surface area contributed by atoms with E-state index in [-0.39, 0.29) is 11.3 Å². The maximum atomic E-state index is 14.0. The van der Waals surface area contributed by atoms with Crippen LogP contribution >= 0.6 is 0 Å². The predicted molar refractivity (Wildman–Crippen MR) is 105 cm³/mol. The molecule has 1 saturated heterocycles. The van der Waals surface area contributed by atoms with Crippen molar-refractivity contribution in [1.82, 2.24) is 14.6 Å². The summed E-state index contributed by atoms with van der Waals surface area (Å²) in [6, 6.07) is 11.5. The second-order valence-corrected chi connectivity index (χ2v) is 7.84. The molecule has 0 spiro atoms. The molecule has 5 rings (SSSR count). The molecule has 3 aromatic rings. The van der Waals surface area contributed by atoms with E-state index >= 15 is 0 Å². The minimum absolute atomic E-state index is 0.0869. The Labute approximate surface area is 166 Å². The zero-order chi connectivity index (χ0) is 20.0. The van der Waals surface area contributed by atoms with Crippen molar-refractivity contribution in [3.05, 3.63) is 54.0 Å². The van der Waals surface area contributed by atoms with Crippen molar-refractivity contribution < 1.29 is 13.2 Å². The quantitative estimate of drug-likeness (QED) is 0.662. The SMILES string of the molecule is FC(F)(F)c1c(N2CCN(c3ccccc3)CC2)ccn2c(CC3CC3)nnc12. The van der Waals surface area contributed by atoms with E-state index in [1.807, 2.05) is 35.2 Å². The number of pyridine rings is 1. The van der Waals surface area contributed by atoms with Crippen LogP contribution in [0.5, 0.6) is 0 Å². The van der Waals surface area contributed by atoms with Gasteiger partial charge in [-0.15, -0.1) is 10.2 Å². The lowest BCUT2D eigenvalue weighted by Gasteiger charge is -2.38. The molecule has 1 saturated carbocycles. The van der Waals surface area contributed by atoms with E-state index in [1.54, 1.807) is 12.3 Å². The summed E-state index contributed by atoms with van der Waals surface area (Å²) < 4.78 is 43.6. The van der Waals surface area contributed by atoms with Gasteiger partial charge in [0.1, 0.15) is 11.4 Å². The molecule has 2 fully saturated rings. The zero-order valence-corrected chi connectivity index (χ0v) is 15.9. The first-order valence-corrected chi connectivity index (χ1v) is 9.99. The van der Waals surface area contributed by atoms with Crippen LogP contribution in [0.15, 0.2) is 42.6 Å². The minimum Gasteiger partial charge on any atom is -0.368 e. The van der Waals surface area contributed by atoms with Gasteiger partial charge in [0.15, 0.2) is 5.65 Å². The lowest BCUT2D eigenvalue weighted by molar-refractivity contribution is -0.136. The fourth-order valence-electron chi connectivity index (χ4n) is 4.09. The number of piperazine rings is 1. The van der Waals surface area contributed by atoms with E-state index in [2.05, 4.69) is 15.1 Å². The fourth-order valence-corrected chi connectivity index (χ4v) is 4.09. The predicted octanol–water partition coefficient (Wildman–Crippen LogP) is 4.03. The number of hydrogen-bond donors (Lipinski definition) is 0. The summed E-state index contributed by atoms with van der Waals surface area (Å²) in [5, 5.41) is 8.01. The van der Waals surface area contributed by atoms with E-state index in [4.69, 9.17) is 0 Å². The summed E-state index contributed by atoms with van der Waals surface area (Å²) in [5.74, 6) is 1.15. The Bertz CT molecular complexity index is 1000. The summed E-state index contributed by atoms with van der Waals surface area (Å²) in [6.07, 6.45) is 0.128. The Kier molecular flexibility index (Phi) is 4.37. The number of rotatable bonds is 4. The summed E-state index contributed by atoms with van der Waals surface area (Å²) in [5.41, 5.74) is 0.530. The largest absolute Gasteiger partial charge is 0.422 e. The standard InChI is InChI=1S/C21H22F3N5/c22-21(23,24)19-17(8-9-29-18(14-15-6-7-15)25-26-20(19)29)28-12-10-27(11-13-28)16-4-2-1-3-5-16/h1-5,8-9,15H,6-7,10-14H2. The van der Waals surface area contributed by atoms with Crippen LogP contribution in [-0.4, -0.2) is 40.8 Å². The molecule has 0 atom stereocenters. The Morgan fingerprint density at radius 1 is 0.897 bits per heavy atom. The molecule has 0 bridgehead atoms. The van der Waals surface area contributed by atoms with Gasteiger partial charge in [0.2, 0.25) is 0 Å². The van der Waals surface area contributed by atoms with Gasteiger partial charge in [-0.1, -0.05) is 18.2 Å². The minimum atomic E-state index is -4.49. The van der Waals surface area contributed by atoms with Gasteiger partial charge in [-0.25, -0.2) is 0 Å². The molecule has 29 heavy (non-hydrogen) atoms. The van der Waals surface area contributed by atoms with Gasteiger partial charge < -0.3 is 9.80 Å². The molecule has 2 aliphatic rings. The second kappa shape index (κ2) is 6.93. The summed E-state index contributed by atoms with van der Waals surface area (Å²) in [7, 11) is 0. The van der Waals surface area contributed by atoms with Crippen LogP contribution in [0.4, 0.5) is 24.5 Å². The van der Waals surface area contributed by atoms with Crippen LogP contribution in [0, 0.1) is 5.92 Å². The van der Waals surface area contributed by atoms with Crippen molar-refractivity contribution in [2.45, 2.75) is 25.4 Å². The normalized spacial score (nSPS) is 17.9. The van der Waals surface area contributed by atoms with E-state index in [0.29, 0.717) is 44.3 Å². The third-order valence-corrected chi connectivity index (χ3v) is 5.82. The molecule has 8 heteroatoms. The molecule has 0 amide bonds. The van der Waals surface area contributed by atoms with Gasteiger partial charge in [-0.3, -0.25) is 4.40 Å². The highest BCUT2D eigenvalue weighted by atomic mass is 19.4. The highest BCUT2D eigenvalue weighted by Gasteiger charge is 2.39. The van der Waals surface area contributed by atoms with E-state index < -0.39 is 11.7 Å². The molecule has 1 aliphatic carbocycles. The number of alkyl halides is 3. The smallest absolute Gasteiger partial charge is 0.368 e. The van der Waals surface area contributed by atoms with Crippen molar-refractivity contribution in [2.24, 2.45) is 5.92 Å². The van der Waals surface area contributed by atoms with Crippen LogP contribution in [-0.2, 0) is 12.6 Å². The van der Waals surface area contributed by atoms with Crippen molar-refractivity contribution in [1.29, 1.82) is 0 Å². The lowest BCUT2D eigenvalue weighted by atomic mass is 10.1. The first-order valence-electron chi connectivity index (χ1n) is 9.99. The van der Waals surface area contributed by atoms with Gasteiger partial charge in [0, 0.05) is 44.5 Å². The lowest BCUT2D eigenvalue weighted by Crippen LogP contribution is -2.47. The Hall–Kier alpha value is -2.77. The Balaban J connectivity index is 1.45. The molecule has 1 aromatic carbocycles. The molecule has 2 aromatic heterocycles. The van der Waals surface area contributed by atoms with E-state index in [0.717, 1.165) is 18.5 Å². The fraction of sp³-hybridized carbons (Fsp3) is 0.429. The number of benzene rings is 1. The summed E-state index contributed by atoms with van der Waals surface area (Å²) in [4.78, 5) is 4.02. The van der Waals surface area contributed by atoms with Gasteiger partial charge >= 0.3 is 6.18 Å². The average molecular weight is 401 g/mol. The number of para-hydroxylation sites is 1. The van der Waals surface area contributed by atoms with Gasteiger partial charge in [0.25, 0.3) is 0 Å².